The van der Waals surface area contributed by atoms with Crippen LogP contribution in [-0.4, -0.2) is 23.3 Å². The first-order valence-electron chi connectivity index (χ1n) is 8.87. The first-order valence-corrected chi connectivity index (χ1v) is 9.75. The Balaban J connectivity index is 1.57. The highest BCUT2D eigenvalue weighted by molar-refractivity contribution is 7.14. The number of carbonyl (C=O) groups is 2. The van der Waals surface area contributed by atoms with Crippen LogP contribution in [0, 0.1) is 5.92 Å². The molecule has 6 heteroatoms. The number of amides is 2. The van der Waals surface area contributed by atoms with Gasteiger partial charge in [0.05, 0.1) is 5.69 Å². The lowest BCUT2D eigenvalue weighted by Gasteiger charge is -2.15. The monoisotopic (exact) mass is 369 g/mol. The molecule has 1 aliphatic carbocycles. The minimum Gasteiger partial charge on any atom is -0.356 e. The lowest BCUT2D eigenvalue weighted by atomic mass is 9.94. The van der Waals surface area contributed by atoms with Crippen molar-refractivity contribution in [1.82, 2.24) is 10.3 Å². The van der Waals surface area contributed by atoms with E-state index in [1.165, 1.54) is 18.3 Å². The van der Waals surface area contributed by atoms with Crippen LogP contribution >= 0.6 is 11.3 Å². The first kappa shape index (κ1) is 18.3. The summed E-state index contributed by atoms with van der Waals surface area (Å²) in [5.74, 6) is 0.0988. The third-order valence-corrected chi connectivity index (χ3v) is 5.17. The third-order valence-electron chi connectivity index (χ3n) is 4.41. The molecule has 2 amide bonds. The van der Waals surface area contributed by atoms with Gasteiger partial charge in [0.25, 0.3) is 0 Å². The van der Waals surface area contributed by atoms with E-state index in [2.05, 4.69) is 27.8 Å². The summed E-state index contributed by atoms with van der Waals surface area (Å²) in [4.78, 5) is 27.7. The molecule has 0 spiro atoms. The van der Waals surface area contributed by atoms with Gasteiger partial charge in [0.2, 0.25) is 11.8 Å². The smallest absolute Gasteiger partial charge is 0.229 e. The molecule has 0 fully saturated rings. The highest BCUT2D eigenvalue weighted by atomic mass is 32.1. The van der Waals surface area contributed by atoms with Gasteiger partial charge in [-0.05, 0) is 31.2 Å². The van der Waals surface area contributed by atoms with Gasteiger partial charge in [-0.15, -0.1) is 11.3 Å². The highest BCUT2D eigenvalue weighted by Crippen LogP contribution is 2.27. The molecule has 2 N–H and O–H groups in total. The molecule has 136 valence electrons. The number of rotatable bonds is 6. The van der Waals surface area contributed by atoms with Gasteiger partial charge >= 0.3 is 0 Å². The predicted molar refractivity (Wildman–Crippen MR) is 105 cm³/mol. The van der Waals surface area contributed by atoms with Gasteiger partial charge in [-0.1, -0.05) is 36.4 Å². The summed E-state index contributed by atoms with van der Waals surface area (Å²) < 4.78 is 0. The number of anilines is 1. The number of hydrogen-bond donors (Lipinski definition) is 2. The molecule has 1 aromatic heterocycles. The fraction of sp³-hybridized carbons (Fsp3) is 0.350. The molecule has 26 heavy (non-hydrogen) atoms. The van der Waals surface area contributed by atoms with Crippen molar-refractivity contribution in [2.24, 2.45) is 5.92 Å². The van der Waals surface area contributed by atoms with Crippen LogP contribution in [0.1, 0.15) is 31.7 Å². The molecule has 0 aliphatic heterocycles. The zero-order valence-electron chi connectivity index (χ0n) is 14.8. The Morgan fingerprint density at radius 2 is 2.04 bits per heavy atom. The van der Waals surface area contributed by atoms with Crippen LogP contribution < -0.4 is 10.6 Å². The van der Waals surface area contributed by atoms with E-state index < -0.39 is 0 Å². The number of thiazole rings is 1. The molecule has 2 aromatic rings. The summed E-state index contributed by atoms with van der Waals surface area (Å²) in [6.07, 6.45) is 7.69. The first-order chi connectivity index (χ1) is 12.6. The minimum absolute atomic E-state index is 0.0112. The number of nitrogens with zero attached hydrogens (tertiary/aromatic N) is 1. The van der Waals surface area contributed by atoms with Crippen LogP contribution in [-0.2, 0) is 16.0 Å². The van der Waals surface area contributed by atoms with Crippen molar-refractivity contribution < 1.29 is 9.59 Å². The van der Waals surface area contributed by atoms with Crippen molar-refractivity contribution in [3.05, 3.63) is 47.4 Å². The SMILES string of the molecule is CC(=O)NCCc1ccc(-c2csc(NC(=O)[C@@H]3CC=CCC3)n2)cc1. The van der Waals surface area contributed by atoms with Crippen molar-refractivity contribution >= 4 is 28.3 Å². The quantitative estimate of drug-likeness (QED) is 0.761. The topological polar surface area (TPSA) is 71.1 Å². The summed E-state index contributed by atoms with van der Waals surface area (Å²) in [6.45, 7) is 2.16. The number of nitrogens with one attached hydrogen (secondary N) is 2. The Labute approximate surface area is 157 Å². The molecule has 0 bridgehead atoms. The van der Waals surface area contributed by atoms with E-state index in [1.807, 2.05) is 29.6 Å². The van der Waals surface area contributed by atoms with Crippen molar-refractivity contribution in [3.63, 3.8) is 0 Å². The van der Waals surface area contributed by atoms with Crippen LogP contribution in [0.15, 0.2) is 41.8 Å². The van der Waals surface area contributed by atoms with E-state index in [-0.39, 0.29) is 17.7 Å². The van der Waals surface area contributed by atoms with Gasteiger partial charge in [0.1, 0.15) is 0 Å². The molecule has 0 unspecified atom stereocenters. The largest absolute Gasteiger partial charge is 0.356 e. The van der Waals surface area contributed by atoms with E-state index in [9.17, 15) is 9.59 Å². The average molecular weight is 369 g/mol. The molecular weight excluding hydrogens is 346 g/mol. The van der Waals surface area contributed by atoms with Gasteiger partial charge in [-0.2, -0.15) is 0 Å². The lowest BCUT2D eigenvalue weighted by Crippen LogP contribution is -2.23. The zero-order valence-corrected chi connectivity index (χ0v) is 15.6. The predicted octanol–water partition coefficient (Wildman–Crippen LogP) is 3.78. The van der Waals surface area contributed by atoms with Crippen molar-refractivity contribution in [1.29, 1.82) is 0 Å². The van der Waals surface area contributed by atoms with Crippen LogP contribution in [0.5, 0.6) is 0 Å². The Kier molecular flexibility index (Phi) is 6.17. The third kappa shape index (κ3) is 5.02. The Bertz CT molecular complexity index is 796. The molecule has 3 rings (SSSR count). The number of hydrogen-bond acceptors (Lipinski definition) is 4. The maximum atomic E-state index is 12.3. The van der Waals surface area contributed by atoms with Crippen LogP contribution in [0.4, 0.5) is 5.13 Å². The van der Waals surface area contributed by atoms with E-state index >= 15 is 0 Å². The van der Waals surface area contributed by atoms with Gasteiger partial charge in [0, 0.05) is 30.3 Å². The van der Waals surface area contributed by atoms with E-state index in [1.54, 1.807) is 0 Å². The van der Waals surface area contributed by atoms with E-state index in [0.29, 0.717) is 11.7 Å². The van der Waals surface area contributed by atoms with Gasteiger partial charge < -0.3 is 10.6 Å². The Hall–Kier alpha value is -2.47. The number of allylic oxidation sites excluding steroid dienone is 2. The molecule has 1 atom stereocenters. The maximum absolute atomic E-state index is 12.3. The van der Waals surface area contributed by atoms with Crippen molar-refractivity contribution in [2.45, 2.75) is 32.6 Å². The average Bonchev–Trinajstić information content (AvgIpc) is 3.11. The fourth-order valence-corrected chi connectivity index (χ4v) is 3.65. The molecule has 5 nitrogen and oxygen atoms in total. The summed E-state index contributed by atoms with van der Waals surface area (Å²) in [5, 5.41) is 8.35. The summed E-state index contributed by atoms with van der Waals surface area (Å²) in [5.41, 5.74) is 3.05. The summed E-state index contributed by atoms with van der Waals surface area (Å²) >= 11 is 1.45. The molecule has 0 saturated heterocycles. The Morgan fingerprint density at radius 1 is 1.23 bits per heavy atom. The van der Waals surface area contributed by atoms with Crippen LogP contribution in [0.3, 0.4) is 0 Å². The van der Waals surface area contributed by atoms with Crippen molar-refractivity contribution in [2.75, 3.05) is 11.9 Å². The number of carbonyl (C=O) groups excluding carboxylic acids is 2. The Morgan fingerprint density at radius 3 is 2.73 bits per heavy atom. The number of aromatic nitrogens is 1. The molecular formula is C20H23N3O2S. The second-order valence-corrected chi connectivity index (χ2v) is 7.30. The van der Waals surface area contributed by atoms with Crippen LogP contribution in [0.25, 0.3) is 11.3 Å². The van der Waals surface area contributed by atoms with Crippen molar-refractivity contribution in [3.8, 4) is 11.3 Å². The zero-order chi connectivity index (χ0) is 18.4. The molecule has 0 saturated carbocycles. The standard InChI is InChI=1S/C20H23N3O2S/c1-14(24)21-12-11-15-7-9-16(10-8-15)18-13-26-20(22-18)23-19(25)17-5-3-2-4-6-17/h2-3,7-10,13,17H,4-6,11-12H2,1H3,(H,21,24)(H,22,23,25)/t17-/m1/s1. The van der Waals surface area contributed by atoms with Gasteiger partial charge in [0.15, 0.2) is 5.13 Å². The lowest BCUT2D eigenvalue weighted by molar-refractivity contribution is -0.120. The summed E-state index contributed by atoms with van der Waals surface area (Å²) in [6, 6.07) is 8.14. The van der Waals surface area contributed by atoms with Gasteiger partial charge in [-0.25, -0.2) is 4.98 Å². The normalized spacial score (nSPS) is 16.3. The summed E-state index contributed by atoms with van der Waals surface area (Å²) in [7, 11) is 0. The second kappa shape index (κ2) is 8.76. The number of benzene rings is 1. The van der Waals surface area contributed by atoms with Crippen LogP contribution in [0.2, 0.25) is 0 Å². The maximum Gasteiger partial charge on any atom is 0.229 e. The minimum atomic E-state index is -0.0112. The van der Waals surface area contributed by atoms with Gasteiger partial charge in [-0.3, -0.25) is 9.59 Å². The second-order valence-electron chi connectivity index (χ2n) is 6.44. The molecule has 1 aliphatic rings. The molecule has 1 aromatic carbocycles. The van der Waals surface area contributed by atoms with E-state index in [0.717, 1.165) is 42.5 Å². The fourth-order valence-electron chi connectivity index (χ4n) is 2.93. The van der Waals surface area contributed by atoms with E-state index in [4.69, 9.17) is 0 Å². The highest BCUT2D eigenvalue weighted by Gasteiger charge is 2.19. The molecule has 1 heterocycles. The molecule has 0 radical (unpaired) electrons.